The molecule has 2 nitrogen and oxygen atoms in total. The molecule has 0 spiro atoms. The first-order valence-electron chi connectivity index (χ1n) is 6.84. The first-order chi connectivity index (χ1) is 8.68. The summed E-state index contributed by atoms with van der Waals surface area (Å²) in [7, 11) is 0. The molecule has 0 amide bonds. The van der Waals surface area contributed by atoms with Gasteiger partial charge in [0.15, 0.2) is 0 Å². The standard InChI is InChI=1S/C15H22N2S/c1-11-7-6-10-13(15(16)18)14(11)17-12-8-4-2-3-5-9-12/h6-7,10,12,17H,2-5,8-9H2,1H3,(H2,16,18). The number of hydrogen-bond acceptors (Lipinski definition) is 2. The smallest absolute Gasteiger partial charge is 0.106 e. The second kappa shape index (κ2) is 6.19. The van der Waals surface area contributed by atoms with Gasteiger partial charge < -0.3 is 11.1 Å². The maximum atomic E-state index is 5.81. The molecule has 2 rings (SSSR count). The Morgan fingerprint density at radius 3 is 2.50 bits per heavy atom. The zero-order valence-corrected chi connectivity index (χ0v) is 11.9. The normalized spacial score (nSPS) is 17.2. The van der Waals surface area contributed by atoms with Crippen LogP contribution in [0.25, 0.3) is 0 Å². The molecule has 98 valence electrons. The van der Waals surface area contributed by atoms with Gasteiger partial charge in [0.1, 0.15) is 4.99 Å². The zero-order valence-electron chi connectivity index (χ0n) is 11.0. The molecular formula is C15H22N2S. The van der Waals surface area contributed by atoms with Gasteiger partial charge in [-0.1, -0.05) is 50.0 Å². The number of nitrogens with two attached hydrogens (primary N) is 1. The van der Waals surface area contributed by atoms with Gasteiger partial charge in [0.2, 0.25) is 0 Å². The van der Waals surface area contributed by atoms with Crippen molar-refractivity contribution in [3.8, 4) is 0 Å². The Morgan fingerprint density at radius 2 is 1.89 bits per heavy atom. The van der Waals surface area contributed by atoms with Crippen LogP contribution >= 0.6 is 12.2 Å². The van der Waals surface area contributed by atoms with Crippen LogP contribution in [0.1, 0.15) is 49.7 Å². The molecule has 0 saturated heterocycles. The number of hydrogen-bond donors (Lipinski definition) is 2. The van der Waals surface area contributed by atoms with Crippen molar-refractivity contribution in [2.45, 2.75) is 51.5 Å². The Morgan fingerprint density at radius 1 is 1.22 bits per heavy atom. The third-order valence-corrected chi connectivity index (χ3v) is 3.96. The van der Waals surface area contributed by atoms with Gasteiger partial charge in [-0.2, -0.15) is 0 Å². The Bertz CT molecular complexity index is 421. The fraction of sp³-hybridized carbons (Fsp3) is 0.533. The van der Waals surface area contributed by atoms with Gasteiger partial charge >= 0.3 is 0 Å². The van der Waals surface area contributed by atoms with E-state index in [0.29, 0.717) is 11.0 Å². The molecule has 3 heteroatoms. The van der Waals surface area contributed by atoms with Gasteiger partial charge in [-0.3, -0.25) is 0 Å². The SMILES string of the molecule is Cc1cccc(C(N)=S)c1NC1CCCCCC1. The zero-order chi connectivity index (χ0) is 13.0. The van der Waals surface area contributed by atoms with Crippen molar-refractivity contribution in [1.29, 1.82) is 0 Å². The first-order valence-corrected chi connectivity index (χ1v) is 7.25. The second-order valence-corrected chi connectivity index (χ2v) is 5.63. The van der Waals surface area contributed by atoms with Crippen LogP contribution in [0.15, 0.2) is 18.2 Å². The number of benzene rings is 1. The highest BCUT2D eigenvalue weighted by Gasteiger charge is 2.15. The van der Waals surface area contributed by atoms with Crippen molar-refractivity contribution in [1.82, 2.24) is 0 Å². The molecule has 1 aliphatic carbocycles. The highest BCUT2D eigenvalue weighted by atomic mass is 32.1. The summed E-state index contributed by atoms with van der Waals surface area (Å²) in [6.45, 7) is 2.11. The molecular weight excluding hydrogens is 240 g/mol. The van der Waals surface area contributed by atoms with E-state index in [1.807, 2.05) is 12.1 Å². The van der Waals surface area contributed by atoms with E-state index in [9.17, 15) is 0 Å². The molecule has 18 heavy (non-hydrogen) atoms. The van der Waals surface area contributed by atoms with Crippen LogP contribution in [0.3, 0.4) is 0 Å². The van der Waals surface area contributed by atoms with E-state index in [0.717, 1.165) is 11.3 Å². The Labute approximate surface area is 115 Å². The molecule has 1 saturated carbocycles. The molecule has 0 unspecified atom stereocenters. The number of para-hydroxylation sites is 1. The molecule has 0 aliphatic heterocycles. The van der Waals surface area contributed by atoms with Crippen molar-refractivity contribution in [2.24, 2.45) is 5.73 Å². The second-order valence-electron chi connectivity index (χ2n) is 5.19. The van der Waals surface area contributed by atoms with Crippen molar-refractivity contribution in [3.05, 3.63) is 29.3 Å². The summed E-state index contributed by atoms with van der Waals surface area (Å²) in [6.07, 6.45) is 7.90. The highest BCUT2D eigenvalue weighted by molar-refractivity contribution is 7.80. The van der Waals surface area contributed by atoms with Gasteiger partial charge in [-0.25, -0.2) is 0 Å². The topological polar surface area (TPSA) is 38.0 Å². The summed E-state index contributed by atoms with van der Waals surface area (Å²) in [5.41, 5.74) is 9.15. The van der Waals surface area contributed by atoms with Gasteiger partial charge in [0.05, 0.1) is 0 Å². The Balaban J connectivity index is 2.19. The summed E-state index contributed by atoms with van der Waals surface area (Å²) in [5, 5.41) is 3.67. The number of anilines is 1. The maximum Gasteiger partial charge on any atom is 0.106 e. The number of aryl methyl sites for hydroxylation is 1. The van der Waals surface area contributed by atoms with E-state index in [1.165, 1.54) is 44.1 Å². The van der Waals surface area contributed by atoms with Crippen LogP contribution in [0.2, 0.25) is 0 Å². The summed E-state index contributed by atoms with van der Waals surface area (Å²) in [4.78, 5) is 0.481. The van der Waals surface area contributed by atoms with Crippen LogP contribution in [-0.2, 0) is 0 Å². The number of rotatable bonds is 3. The molecule has 0 atom stereocenters. The van der Waals surface area contributed by atoms with E-state index in [4.69, 9.17) is 18.0 Å². The average Bonchev–Trinajstić information content (AvgIpc) is 2.60. The molecule has 3 N–H and O–H groups in total. The van der Waals surface area contributed by atoms with Crippen LogP contribution < -0.4 is 11.1 Å². The minimum absolute atomic E-state index is 0.481. The third-order valence-electron chi connectivity index (χ3n) is 3.74. The van der Waals surface area contributed by atoms with Gasteiger partial charge in [0.25, 0.3) is 0 Å². The monoisotopic (exact) mass is 262 g/mol. The Hall–Kier alpha value is -1.09. The summed E-state index contributed by atoms with van der Waals surface area (Å²) < 4.78 is 0. The van der Waals surface area contributed by atoms with Crippen molar-refractivity contribution in [3.63, 3.8) is 0 Å². The van der Waals surface area contributed by atoms with Crippen molar-refractivity contribution in [2.75, 3.05) is 5.32 Å². The lowest BCUT2D eigenvalue weighted by atomic mass is 10.0. The number of thiocarbonyl (C=S) groups is 1. The quantitative estimate of drug-likeness (QED) is 0.643. The van der Waals surface area contributed by atoms with E-state index in [-0.39, 0.29) is 0 Å². The van der Waals surface area contributed by atoms with Gasteiger partial charge in [-0.05, 0) is 31.4 Å². The fourth-order valence-corrected chi connectivity index (χ4v) is 2.86. The lowest BCUT2D eigenvalue weighted by molar-refractivity contribution is 0.619. The van der Waals surface area contributed by atoms with Crippen molar-refractivity contribution >= 4 is 22.9 Å². The van der Waals surface area contributed by atoms with E-state index < -0.39 is 0 Å². The minimum Gasteiger partial charge on any atom is -0.389 e. The third kappa shape index (κ3) is 3.22. The van der Waals surface area contributed by atoms with Crippen LogP contribution in [-0.4, -0.2) is 11.0 Å². The van der Waals surface area contributed by atoms with Crippen LogP contribution in [0.5, 0.6) is 0 Å². The van der Waals surface area contributed by atoms with Crippen LogP contribution in [0, 0.1) is 6.92 Å². The molecule has 0 heterocycles. The fourth-order valence-electron chi connectivity index (χ4n) is 2.69. The molecule has 1 aliphatic rings. The highest BCUT2D eigenvalue weighted by Crippen LogP contribution is 2.26. The predicted molar refractivity (Wildman–Crippen MR) is 82.2 cm³/mol. The first kappa shape index (κ1) is 13.3. The Kier molecular flexibility index (Phi) is 4.59. The minimum atomic E-state index is 0.481. The lowest BCUT2D eigenvalue weighted by Gasteiger charge is -2.21. The van der Waals surface area contributed by atoms with Gasteiger partial charge in [-0.15, -0.1) is 0 Å². The predicted octanol–water partition coefficient (Wildman–Crippen LogP) is 3.76. The van der Waals surface area contributed by atoms with Gasteiger partial charge in [0, 0.05) is 17.3 Å². The average molecular weight is 262 g/mol. The largest absolute Gasteiger partial charge is 0.389 e. The van der Waals surface area contributed by atoms with Crippen molar-refractivity contribution < 1.29 is 0 Å². The summed E-state index contributed by atoms with van der Waals surface area (Å²) in [6, 6.07) is 6.71. The van der Waals surface area contributed by atoms with E-state index >= 15 is 0 Å². The van der Waals surface area contributed by atoms with E-state index in [1.54, 1.807) is 0 Å². The summed E-state index contributed by atoms with van der Waals surface area (Å²) >= 11 is 5.14. The molecule has 1 aromatic rings. The molecule has 0 radical (unpaired) electrons. The molecule has 1 aromatic carbocycles. The maximum absolute atomic E-state index is 5.81. The summed E-state index contributed by atoms with van der Waals surface area (Å²) in [5.74, 6) is 0. The number of nitrogens with one attached hydrogen (secondary N) is 1. The molecule has 0 aromatic heterocycles. The molecule has 0 bridgehead atoms. The lowest BCUT2D eigenvalue weighted by Crippen LogP contribution is -2.22. The molecule has 1 fully saturated rings. The van der Waals surface area contributed by atoms with E-state index in [2.05, 4.69) is 18.3 Å². The van der Waals surface area contributed by atoms with Crippen LogP contribution in [0.4, 0.5) is 5.69 Å².